The van der Waals surface area contributed by atoms with Gasteiger partial charge in [-0.05, 0) is 28.8 Å². The highest BCUT2D eigenvalue weighted by Gasteiger charge is 2.43. The van der Waals surface area contributed by atoms with Gasteiger partial charge in [-0.1, -0.05) is 66.7 Å². The van der Waals surface area contributed by atoms with Crippen LogP contribution in [0.4, 0.5) is 5.69 Å². The number of nitrogens with zero attached hydrogens (tertiary/aromatic N) is 2. The van der Waals surface area contributed by atoms with Crippen molar-refractivity contribution in [2.45, 2.75) is 5.92 Å². The first-order chi connectivity index (χ1) is 18.0. The summed E-state index contributed by atoms with van der Waals surface area (Å²) in [5, 5.41) is 10.2. The molecule has 0 aromatic heterocycles. The molecular formula is C29H25N3O5. The van der Waals surface area contributed by atoms with Crippen molar-refractivity contribution >= 4 is 17.6 Å². The quantitative estimate of drug-likeness (QED) is 0.505. The fourth-order valence-electron chi connectivity index (χ4n) is 4.44. The van der Waals surface area contributed by atoms with Crippen LogP contribution in [0, 0.1) is 11.3 Å². The minimum absolute atomic E-state index is 0.0343. The van der Waals surface area contributed by atoms with Gasteiger partial charge in [-0.2, -0.15) is 5.26 Å². The molecule has 0 spiro atoms. The largest absolute Gasteiger partial charge is 0.495 e. The zero-order valence-electron chi connectivity index (χ0n) is 20.6. The maximum atomic E-state index is 13.3. The van der Waals surface area contributed by atoms with E-state index in [0.717, 1.165) is 11.1 Å². The summed E-state index contributed by atoms with van der Waals surface area (Å²) in [5.74, 6) is -2.24. The summed E-state index contributed by atoms with van der Waals surface area (Å²) >= 11 is 0. The van der Waals surface area contributed by atoms with Gasteiger partial charge in [0.05, 0.1) is 50.2 Å². The van der Waals surface area contributed by atoms with Gasteiger partial charge in [0, 0.05) is 0 Å². The molecule has 4 rings (SSSR count). The number of allylic oxidation sites excluding steroid dienone is 1. The maximum absolute atomic E-state index is 13.3. The predicted octanol–water partition coefficient (Wildman–Crippen LogP) is 4.26. The van der Waals surface area contributed by atoms with E-state index in [-0.39, 0.29) is 22.7 Å². The van der Waals surface area contributed by atoms with E-state index in [0.29, 0.717) is 17.0 Å². The number of rotatable bonds is 6. The predicted molar refractivity (Wildman–Crippen MR) is 138 cm³/mol. The van der Waals surface area contributed by atoms with Crippen LogP contribution in [0.15, 0.2) is 102 Å². The average molecular weight is 496 g/mol. The van der Waals surface area contributed by atoms with Crippen LogP contribution in [-0.2, 0) is 19.1 Å². The van der Waals surface area contributed by atoms with Crippen molar-refractivity contribution in [2.24, 2.45) is 5.73 Å². The zero-order chi connectivity index (χ0) is 26.5. The smallest absolute Gasteiger partial charge is 0.355 e. The Balaban J connectivity index is 2.08. The van der Waals surface area contributed by atoms with Gasteiger partial charge < -0.3 is 19.9 Å². The SMILES string of the molecule is COC(=O)C1=C(C(=O)OC)N(c2cc(-c3ccccc3)ccc2OC)C(N)=C(C#N)C1c1ccccc1. The summed E-state index contributed by atoms with van der Waals surface area (Å²) in [6.45, 7) is 0. The molecule has 0 saturated carbocycles. The number of hydrogen-bond acceptors (Lipinski definition) is 8. The number of benzene rings is 3. The number of nitriles is 1. The lowest BCUT2D eigenvalue weighted by Gasteiger charge is -2.36. The van der Waals surface area contributed by atoms with Crippen LogP contribution in [0.3, 0.4) is 0 Å². The summed E-state index contributed by atoms with van der Waals surface area (Å²) in [6.07, 6.45) is 0. The van der Waals surface area contributed by atoms with Gasteiger partial charge in [0.2, 0.25) is 0 Å². The molecule has 1 atom stereocenters. The normalized spacial score (nSPS) is 15.2. The molecule has 37 heavy (non-hydrogen) atoms. The van der Waals surface area contributed by atoms with E-state index in [1.807, 2.05) is 36.4 Å². The third kappa shape index (κ3) is 4.50. The number of methoxy groups -OCH3 is 3. The standard InChI is InChI=1S/C29H25N3O5/c1-35-23-15-14-20(18-10-6-4-7-11-18)16-22(23)32-26(29(34)37-3)25(28(33)36-2)24(21(17-30)27(32)31)19-12-8-5-9-13-19/h4-16,24H,31H2,1-3H3. The van der Waals surface area contributed by atoms with Gasteiger partial charge >= 0.3 is 11.9 Å². The van der Waals surface area contributed by atoms with E-state index < -0.39 is 17.9 Å². The van der Waals surface area contributed by atoms with Crippen LogP contribution in [0.1, 0.15) is 11.5 Å². The van der Waals surface area contributed by atoms with E-state index in [1.54, 1.807) is 42.5 Å². The summed E-state index contributed by atoms with van der Waals surface area (Å²) in [4.78, 5) is 27.9. The summed E-state index contributed by atoms with van der Waals surface area (Å²) in [7, 11) is 3.89. The van der Waals surface area contributed by atoms with Crippen LogP contribution < -0.4 is 15.4 Å². The van der Waals surface area contributed by atoms with E-state index in [4.69, 9.17) is 19.9 Å². The number of carbonyl (C=O) groups is 2. The Kier molecular flexibility index (Phi) is 7.26. The van der Waals surface area contributed by atoms with Crippen molar-refractivity contribution in [3.63, 3.8) is 0 Å². The molecule has 0 bridgehead atoms. The van der Waals surface area contributed by atoms with Crippen molar-refractivity contribution in [1.82, 2.24) is 0 Å². The van der Waals surface area contributed by atoms with E-state index >= 15 is 0 Å². The molecule has 0 radical (unpaired) electrons. The van der Waals surface area contributed by atoms with Crippen LogP contribution in [0.5, 0.6) is 5.75 Å². The molecule has 3 aromatic rings. The summed E-state index contributed by atoms with van der Waals surface area (Å²) in [5.41, 5.74) is 9.12. The first kappa shape index (κ1) is 25.1. The van der Waals surface area contributed by atoms with E-state index in [1.165, 1.54) is 26.2 Å². The molecule has 0 aliphatic carbocycles. The van der Waals surface area contributed by atoms with E-state index in [9.17, 15) is 14.9 Å². The Morgan fingerprint density at radius 3 is 2.05 bits per heavy atom. The van der Waals surface area contributed by atoms with Gasteiger partial charge in [-0.15, -0.1) is 0 Å². The Hall–Kier alpha value is -5.03. The Morgan fingerprint density at radius 1 is 0.865 bits per heavy atom. The summed E-state index contributed by atoms with van der Waals surface area (Å²) in [6, 6.07) is 25.9. The Morgan fingerprint density at radius 2 is 1.49 bits per heavy atom. The molecule has 1 unspecified atom stereocenters. The molecule has 2 N–H and O–H groups in total. The third-order valence-corrected chi connectivity index (χ3v) is 6.14. The maximum Gasteiger partial charge on any atom is 0.355 e. The molecule has 1 aliphatic heterocycles. The second kappa shape index (κ2) is 10.7. The highest BCUT2D eigenvalue weighted by Crippen LogP contribution is 2.46. The monoisotopic (exact) mass is 495 g/mol. The molecule has 3 aromatic carbocycles. The molecule has 1 heterocycles. The molecule has 0 fully saturated rings. The van der Waals surface area contributed by atoms with Crippen LogP contribution >= 0.6 is 0 Å². The number of anilines is 1. The Bertz CT molecular complexity index is 1440. The van der Waals surface area contributed by atoms with Crippen molar-refractivity contribution in [2.75, 3.05) is 26.2 Å². The second-order valence-corrected chi connectivity index (χ2v) is 8.09. The minimum Gasteiger partial charge on any atom is -0.495 e. The highest BCUT2D eigenvalue weighted by molar-refractivity contribution is 6.06. The van der Waals surface area contributed by atoms with Crippen molar-refractivity contribution < 1.29 is 23.8 Å². The number of esters is 2. The fourth-order valence-corrected chi connectivity index (χ4v) is 4.44. The third-order valence-electron chi connectivity index (χ3n) is 6.14. The molecule has 8 nitrogen and oxygen atoms in total. The minimum atomic E-state index is -0.952. The average Bonchev–Trinajstić information content (AvgIpc) is 2.96. The Labute approximate surface area is 214 Å². The zero-order valence-corrected chi connectivity index (χ0v) is 20.6. The molecular weight excluding hydrogens is 470 g/mol. The van der Waals surface area contributed by atoms with Crippen molar-refractivity contribution in [1.29, 1.82) is 5.26 Å². The number of carbonyl (C=O) groups excluding carboxylic acids is 2. The lowest BCUT2D eigenvalue weighted by Crippen LogP contribution is -2.41. The molecule has 8 heteroatoms. The van der Waals surface area contributed by atoms with Gasteiger partial charge in [-0.3, -0.25) is 4.90 Å². The van der Waals surface area contributed by atoms with Gasteiger partial charge in [0.15, 0.2) is 0 Å². The molecule has 186 valence electrons. The van der Waals surface area contributed by atoms with Crippen molar-refractivity contribution in [3.8, 4) is 22.9 Å². The number of hydrogen-bond donors (Lipinski definition) is 1. The lowest BCUT2D eigenvalue weighted by atomic mass is 9.81. The van der Waals surface area contributed by atoms with E-state index in [2.05, 4.69) is 6.07 Å². The molecule has 1 aliphatic rings. The van der Waals surface area contributed by atoms with Crippen LogP contribution in [-0.4, -0.2) is 33.3 Å². The van der Waals surface area contributed by atoms with Crippen molar-refractivity contribution in [3.05, 3.63) is 107 Å². The first-order valence-electron chi connectivity index (χ1n) is 11.4. The fraction of sp³-hybridized carbons (Fsp3) is 0.138. The topological polar surface area (TPSA) is 115 Å². The van der Waals surface area contributed by atoms with Gasteiger partial charge in [0.25, 0.3) is 0 Å². The molecule has 0 amide bonds. The van der Waals surface area contributed by atoms with Crippen LogP contribution in [0.2, 0.25) is 0 Å². The highest BCUT2D eigenvalue weighted by atomic mass is 16.5. The number of nitrogens with two attached hydrogens (primary N) is 1. The van der Waals surface area contributed by atoms with Gasteiger partial charge in [0.1, 0.15) is 17.3 Å². The second-order valence-electron chi connectivity index (χ2n) is 8.09. The van der Waals surface area contributed by atoms with Gasteiger partial charge in [-0.25, -0.2) is 9.59 Å². The number of ether oxygens (including phenoxy) is 3. The van der Waals surface area contributed by atoms with Crippen LogP contribution in [0.25, 0.3) is 11.1 Å². The lowest BCUT2D eigenvalue weighted by molar-refractivity contribution is -0.139. The summed E-state index contributed by atoms with van der Waals surface area (Å²) < 4.78 is 15.8. The molecule has 0 saturated heterocycles. The first-order valence-corrected chi connectivity index (χ1v) is 11.4.